The number of rotatable bonds is 4. The van der Waals surface area contributed by atoms with Crippen molar-refractivity contribution in [2.45, 2.75) is 19.3 Å². The summed E-state index contributed by atoms with van der Waals surface area (Å²) < 4.78 is 5.16. The highest BCUT2D eigenvalue weighted by atomic mass is 16.5. The Hall–Kier alpha value is -2.73. The largest absolute Gasteiger partial charge is 0.383 e. The smallest absolute Gasteiger partial charge is 0.237 e. The minimum absolute atomic E-state index is 0.0987. The van der Waals surface area contributed by atoms with Gasteiger partial charge in [0.2, 0.25) is 5.91 Å². The van der Waals surface area contributed by atoms with Crippen LogP contribution in [0.4, 0.5) is 5.69 Å². The van der Waals surface area contributed by atoms with E-state index >= 15 is 0 Å². The predicted molar refractivity (Wildman–Crippen MR) is 96.6 cm³/mol. The van der Waals surface area contributed by atoms with Gasteiger partial charge in [0.15, 0.2) is 0 Å². The molecule has 6 heteroatoms. The Balaban J connectivity index is 1.84. The van der Waals surface area contributed by atoms with E-state index in [4.69, 9.17) is 9.72 Å². The van der Waals surface area contributed by atoms with Crippen molar-refractivity contribution in [3.63, 3.8) is 0 Å². The number of nitrogens with zero attached hydrogens (tertiary/aromatic N) is 3. The molecule has 3 aromatic rings. The molecule has 0 unspecified atom stereocenters. The van der Waals surface area contributed by atoms with Gasteiger partial charge in [-0.1, -0.05) is 0 Å². The molecule has 2 aromatic heterocycles. The highest BCUT2D eigenvalue weighted by molar-refractivity contribution is 6.09. The first kappa shape index (κ1) is 15.8. The zero-order valence-electron chi connectivity index (χ0n) is 14.5. The van der Waals surface area contributed by atoms with E-state index in [2.05, 4.69) is 9.97 Å². The number of amides is 1. The van der Waals surface area contributed by atoms with Crippen LogP contribution < -0.4 is 4.90 Å². The molecule has 0 atom stereocenters. The highest BCUT2D eigenvalue weighted by Gasteiger charge is 2.44. The van der Waals surface area contributed by atoms with Gasteiger partial charge in [-0.25, -0.2) is 4.98 Å². The van der Waals surface area contributed by atoms with Crippen molar-refractivity contribution in [1.29, 1.82) is 0 Å². The maximum atomic E-state index is 12.8. The molecular weight excluding hydrogens is 316 g/mol. The zero-order valence-corrected chi connectivity index (χ0v) is 14.5. The van der Waals surface area contributed by atoms with E-state index in [1.54, 1.807) is 19.5 Å². The fourth-order valence-electron chi connectivity index (χ4n) is 3.38. The summed E-state index contributed by atoms with van der Waals surface area (Å²) >= 11 is 0. The van der Waals surface area contributed by atoms with Crippen LogP contribution in [0.1, 0.15) is 19.4 Å². The number of aromatic amines is 1. The number of imidazole rings is 1. The van der Waals surface area contributed by atoms with Gasteiger partial charge in [0, 0.05) is 31.6 Å². The Labute approximate surface area is 145 Å². The van der Waals surface area contributed by atoms with Gasteiger partial charge in [0.1, 0.15) is 5.82 Å². The molecule has 0 radical (unpaired) electrons. The number of anilines is 1. The Morgan fingerprint density at radius 3 is 2.72 bits per heavy atom. The molecule has 1 aliphatic rings. The first-order chi connectivity index (χ1) is 12.0. The second-order valence-corrected chi connectivity index (χ2v) is 6.78. The lowest BCUT2D eigenvalue weighted by atomic mass is 9.86. The number of hydrogen-bond acceptors (Lipinski definition) is 4. The normalized spacial score (nSPS) is 15.8. The number of benzene rings is 1. The monoisotopic (exact) mass is 336 g/mol. The third-order valence-electron chi connectivity index (χ3n) is 4.82. The van der Waals surface area contributed by atoms with Gasteiger partial charge in [-0.2, -0.15) is 0 Å². The number of hydrogen-bond donors (Lipinski definition) is 1. The zero-order chi connectivity index (χ0) is 17.6. The van der Waals surface area contributed by atoms with E-state index in [0.29, 0.717) is 13.2 Å². The quantitative estimate of drug-likeness (QED) is 0.795. The Morgan fingerprint density at radius 1 is 1.24 bits per heavy atom. The molecule has 0 spiro atoms. The number of nitrogens with one attached hydrogen (secondary N) is 1. The molecule has 1 amide bonds. The van der Waals surface area contributed by atoms with Gasteiger partial charge >= 0.3 is 0 Å². The summed E-state index contributed by atoms with van der Waals surface area (Å²) in [6.45, 7) is 4.97. The SMILES string of the molecule is COCCN1C(=O)C(C)(C)c2cc3nc(-c4ccncc4)[nH]c3cc21. The molecule has 0 aliphatic carbocycles. The Bertz CT molecular complexity index is 947. The van der Waals surface area contributed by atoms with Crippen LogP contribution in [-0.2, 0) is 14.9 Å². The molecule has 0 fully saturated rings. The van der Waals surface area contributed by atoms with Gasteiger partial charge in [0.05, 0.1) is 28.7 Å². The third kappa shape index (κ3) is 2.41. The minimum atomic E-state index is -0.562. The van der Waals surface area contributed by atoms with Gasteiger partial charge in [0.25, 0.3) is 0 Å². The summed E-state index contributed by atoms with van der Waals surface area (Å²) in [5, 5.41) is 0. The molecule has 6 nitrogen and oxygen atoms in total. The molecule has 3 heterocycles. The van der Waals surface area contributed by atoms with Crippen molar-refractivity contribution in [3.05, 3.63) is 42.2 Å². The fraction of sp³-hybridized carbons (Fsp3) is 0.316. The van der Waals surface area contributed by atoms with Crippen LogP contribution >= 0.6 is 0 Å². The number of carbonyl (C=O) groups excluding carboxylic acids is 1. The van der Waals surface area contributed by atoms with Crippen LogP contribution in [0.2, 0.25) is 0 Å². The molecule has 0 saturated carbocycles. The van der Waals surface area contributed by atoms with Crippen LogP contribution in [0.5, 0.6) is 0 Å². The topological polar surface area (TPSA) is 71.1 Å². The second kappa shape index (κ2) is 5.67. The van der Waals surface area contributed by atoms with E-state index in [1.165, 1.54) is 0 Å². The molecule has 0 saturated heterocycles. The van der Waals surface area contributed by atoms with Crippen LogP contribution in [0.25, 0.3) is 22.4 Å². The first-order valence-electron chi connectivity index (χ1n) is 8.28. The highest BCUT2D eigenvalue weighted by Crippen LogP contribution is 2.43. The van der Waals surface area contributed by atoms with Crippen LogP contribution in [-0.4, -0.2) is 41.1 Å². The van der Waals surface area contributed by atoms with E-state index in [-0.39, 0.29) is 5.91 Å². The van der Waals surface area contributed by atoms with E-state index in [9.17, 15) is 4.79 Å². The maximum absolute atomic E-state index is 12.8. The second-order valence-electron chi connectivity index (χ2n) is 6.78. The number of ether oxygens (including phenoxy) is 1. The number of pyridine rings is 1. The van der Waals surface area contributed by atoms with Crippen LogP contribution in [0.15, 0.2) is 36.7 Å². The molecule has 128 valence electrons. The first-order valence-corrected chi connectivity index (χ1v) is 8.28. The summed E-state index contributed by atoms with van der Waals surface area (Å²) in [5.74, 6) is 0.898. The van der Waals surface area contributed by atoms with Crippen molar-refractivity contribution in [1.82, 2.24) is 15.0 Å². The van der Waals surface area contributed by atoms with E-state index < -0.39 is 5.41 Å². The van der Waals surface area contributed by atoms with Crippen molar-refractivity contribution in [2.75, 3.05) is 25.2 Å². The lowest BCUT2D eigenvalue weighted by Crippen LogP contribution is -2.37. The number of methoxy groups -OCH3 is 1. The van der Waals surface area contributed by atoms with E-state index in [1.807, 2.05) is 43.0 Å². The van der Waals surface area contributed by atoms with E-state index in [0.717, 1.165) is 33.7 Å². The van der Waals surface area contributed by atoms with Gasteiger partial charge < -0.3 is 14.6 Å². The summed E-state index contributed by atoms with van der Waals surface area (Å²) in [7, 11) is 1.64. The summed E-state index contributed by atoms with van der Waals surface area (Å²) in [6.07, 6.45) is 3.49. The average molecular weight is 336 g/mol. The fourth-order valence-corrected chi connectivity index (χ4v) is 3.38. The predicted octanol–water partition coefficient (Wildman–Crippen LogP) is 2.90. The molecule has 25 heavy (non-hydrogen) atoms. The average Bonchev–Trinajstić information content (AvgIpc) is 3.11. The number of H-pyrrole nitrogens is 1. The van der Waals surface area contributed by atoms with Crippen molar-refractivity contribution in [2.24, 2.45) is 0 Å². The van der Waals surface area contributed by atoms with Crippen molar-refractivity contribution >= 4 is 22.6 Å². The Morgan fingerprint density at radius 2 is 2.00 bits per heavy atom. The number of fused-ring (bicyclic) bond motifs is 2. The molecule has 1 aromatic carbocycles. The Kier molecular flexibility index (Phi) is 3.58. The molecular formula is C19H20N4O2. The molecule has 1 N–H and O–H groups in total. The van der Waals surface area contributed by atoms with Gasteiger partial charge in [-0.05, 0) is 43.7 Å². The number of carbonyl (C=O) groups is 1. The summed E-state index contributed by atoms with van der Waals surface area (Å²) in [5.41, 5.74) is 4.14. The standard InChI is InChI=1S/C19H20N4O2/c1-19(2)13-10-14-15(11-16(13)23(18(19)24)8-9-25-3)22-17(21-14)12-4-6-20-7-5-12/h4-7,10-11H,8-9H2,1-3H3,(H,21,22). The lowest BCUT2D eigenvalue weighted by molar-refractivity contribution is -0.122. The lowest BCUT2D eigenvalue weighted by Gasteiger charge is -2.19. The summed E-state index contributed by atoms with van der Waals surface area (Å²) in [4.78, 5) is 26.7. The molecule has 0 bridgehead atoms. The van der Waals surface area contributed by atoms with Crippen molar-refractivity contribution in [3.8, 4) is 11.4 Å². The van der Waals surface area contributed by atoms with Crippen LogP contribution in [0.3, 0.4) is 0 Å². The molecule has 1 aliphatic heterocycles. The molecule has 4 rings (SSSR count). The van der Waals surface area contributed by atoms with Crippen LogP contribution in [0, 0.1) is 0 Å². The van der Waals surface area contributed by atoms with Gasteiger partial charge in [-0.15, -0.1) is 0 Å². The number of aromatic nitrogens is 3. The minimum Gasteiger partial charge on any atom is -0.383 e. The van der Waals surface area contributed by atoms with Gasteiger partial charge in [-0.3, -0.25) is 9.78 Å². The third-order valence-corrected chi connectivity index (χ3v) is 4.82. The maximum Gasteiger partial charge on any atom is 0.237 e. The van der Waals surface area contributed by atoms with Crippen molar-refractivity contribution < 1.29 is 9.53 Å². The summed E-state index contributed by atoms with van der Waals surface area (Å²) in [6, 6.07) is 7.88.